The van der Waals surface area contributed by atoms with Gasteiger partial charge in [-0.3, -0.25) is 4.79 Å². The highest BCUT2D eigenvalue weighted by atomic mass is 32.2. The van der Waals surface area contributed by atoms with Gasteiger partial charge in [-0.25, -0.2) is 0 Å². The zero-order valence-corrected chi connectivity index (χ0v) is 13.3. The molecule has 2 bridgehead atoms. The van der Waals surface area contributed by atoms with Crippen molar-refractivity contribution >= 4 is 23.1 Å². The molecule has 2 heterocycles. The third-order valence-corrected chi connectivity index (χ3v) is 8.25. The summed E-state index contributed by atoms with van der Waals surface area (Å²) in [7, 11) is 0. The fourth-order valence-corrected chi connectivity index (χ4v) is 7.78. The van der Waals surface area contributed by atoms with Gasteiger partial charge in [-0.2, -0.15) is 0 Å². The molecular formula is C17H17NOS2. The van der Waals surface area contributed by atoms with Crippen LogP contribution >= 0.6 is 23.1 Å². The lowest BCUT2D eigenvalue weighted by molar-refractivity contribution is 0.307. The van der Waals surface area contributed by atoms with Crippen molar-refractivity contribution in [1.82, 2.24) is 4.98 Å². The van der Waals surface area contributed by atoms with Crippen molar-refractivity contribution in [2.45, 2.75) is 35.5 Å². The normalized spacial score (nSPS) is 36.5. The van der Waals surface area contributed by atoms with Gasteiger partial charge in [-0.05, 0) is 42.6 Å². The molecule has 0 unspecified atom stereocenters. The van der Waals surface area contributed by atoms with E-state index in [0.29, 0.717) is 11.2 Å². The zero-order chi connectivity index (χ0) is 14.0. The Labute approximate surface area is 132 Å². The number of H-pyrrole nitrogens is 1. The third kappa shape index (κ3) is 1.75. The van der Waals surface area contributed by atoms with Gasteiger partial charge < -0.3 is 4.98 Å². The van der Waals surface area contributed by atoms with E-state index in [0.717, 1.165) is 22.8 Å². The molecule has 4 heteroatoms. The van der Waals surface area contributed by atoms with Crippen LogP contribution in [0.4, 0.5) is 0 Å². The number of aromatic amines is 1. The van der Waals surface area contributed by atoms with Crippen molar-refractivity contribution in [2.24, 2.45) is 17.8 Å². The standard InChI is InChI=1S/C17H17NOS2/c19-17-18-16-15(21-17)12(9-4-2-1-3-5-9)13-10-6-7-11(8-10)14(13)20-16/h1-5,10-14H,6-8H2,(H,18,19)/t10-,11-,12-,13-,14+/m1/s1. The molecule has 1 aliphatic heterocycles. The quantitative estimate of drug-likeness (QED) is 0.860. The van der Waals surface area contributed by atoms with Crippen LogP contribution in [0.5, 0.6) is 0 Å². The highest BCUT2D eigenvalue weighted by Gasteiger charge is 2.54. The molecule has 1 N–H and O–H groups in total. The summed E-state index contributed by atoms with van der Waals surface area (Å²) in [6, 6.07) is 10.8. The van der Waals surface area contributed by atoms with Crippen LogP contribution in [0.1, 0.15) is 35.6 Å². The van der Waals surface area contributed by atoms with Gasteiger partial charge in [0.1, 0.15) is 0 Å². The highest BCUT2D eigenvalue weighted by Crippen LogP contribution is 2.63. The van der Waals surface area contributed by atoms with Gasteiger partial charge in [0.2, 0.25) is 0 Å². The van der Waals surface area contributed by atoms with E-state index in [1.54, 1.807) is 0 Å². The summed E-state index contributed by atoms with van der Waals surface area (Å²) in [5.41, 5.74) is 1.40. The van der Waals surface area contributed by atoms with Crippen LogP contribution in [-0.2, 0) is 0 Å². The Morgan fingerprint density at radius 2 is 1.90 bits per heavy atom. The van der Waals surface area contributed by atoms with E-state index in [2.05, 4.69) is 35.3 Å². The summed E-state index contributed by atoms with van der Waals surface area (Å²) < 4.78 is 0. The molecule has 2 saturated carbocycles. The maximum absolute atomic E-state index is 11.9. The number of aromatic nitrogens is 1. The molecule has 2 aromatic rings. The predicted octanol–water partition coefficient (Wildman–Crippen LogP) is 4.09. The van der Waals surface area contributed by atoms with E-state index in [9.17, 15) is 4.79 Å². The number of thiazole rings is 1. The van der Waals surface area contributed by atoms with Gasteiger partial charge >= 0.3 is 4.87 Å². The Balaban J connectivity index is 1.70. The maximum Gasteiger partial charge on any atom is 0.305 e. The molecule has 5 rings (SSSR count). The van der Waals surface area contributed by atoms with Crippen molar-refractivity contribution in [2.75, 3.05) is 0 Å². The molecule has 21 heavy (non-hydrogen) atoms. The predicted molar refractivity (Wildman–Crippen MR) is 87.2 cm³/mol. The largest absolute Gasteiger partial charge is 0.307 e. The minimum absolute atomic E-state index is 0.112. The molecule has 0 saturated heterocycles. The fraction of sp³-hybridized carbons (Fsp3) is 0.471. The van der Waals surface area contributed by atoms with E-state index in [4.69, 9.17) is 0 Å². The average Bonchev–Trinajstić information content (AvgIpc) is 3.18. The second kappa shape index (κ2) is 4.50. The van der Waals surface area contributed by atoms with Crippen LogP contribution in [0, 0.1) is 17.8 Å². The first-order valence-electron chi connectivity index (χ1n) is 7.76. The average molecular weight is 315 g/mol. The number of nitrogens with one attached hydrogen (secondary N) is 1. The molecule has 2 nitrogen and oxygen atoms in total. The van der Waals surface area contributed by atoms with Gasteiger partial charge in [-0.15, -0.1) is 11.8 Å². The number of thioether (sulfide) groups is 1. The smallest absolute Gasteiger partial charge is 0.305 e. The molecule has 1 aromatic carbocycles. The van der Waals surface area contributed by atoms with Crippen LogP contribution in [0.3, 0.4) is 0 Å². The topological polar surface area (TPSA) is 32.9 Å². The van der Waals surface area contributed by atoms with Gasteiger partial charge in [0, 0.05) is 16.0 Å². The first-order chi connectivity index (χ1) is 10.3. The molecule has 0 spiro atoms. The number of hydrogen-bond donors (Lipinski definition) is 1. The number of rotatable bonds is 1. The minimum atomic E-state index is 0.112. The summed E-state index contributed by atoms with van der Waals surface area (Å²) in [5, 5.41) is 1.87. The zero-order valence-electron chi connectivity index (χ0n) is 11.6. The second-order valence-electron chi connectivity index (χ2n) is 6.59. The molecule has 3 aliphatic rings. The summed E-state index contributed by atoms with van der Waals surface area (Å²) in [6.07, 6.45) is 4.19. The van der Waals surface area contributed by atoms with Crippen LogP contribution < -0.4 is 4.87 Å². The number of fused-ring (bicyclic) bond motifs is 6. The molecule has 1 aromatic heterocycles. The van der Waals surface area contributed by atoms with Crippen LogP contribution in [0.2, 0.25) is 0 Å². The molecule has 0 radical (unpaired) electrons. The summed E-state index contributed by atoms with van der Waals surface area (Å²) in [6.45, 7) is 0. The van der Waals surface area contributed by atoms with Crippen molar-refractivity contribution in [3.63, 3.8) is 0 Å². The van der Waals surface area contributed by atoms with E-state index < -0.39 is 0 Å². The van der Waals surface area contributed by atoms with Gasteiger partial charge in [0.15, 0.2) is 0 Å². The molecular weight excluding hydrogens is 298 g/mol. The summed E-state index contributed by atoms with van der Waals surface area (Å²) in [5.74, 6) is 2.90. The van der Waals surface area contributed by atoms with E-state index >= 15 is 0 Å². The lowest BCUT2D eigenvalue weighted by Gasteiger charge is -2.40. The lowest BCUT2D eigenvalue weighted by atomic mass is 9.75. The van der Waals surface area contributed by atoms with Crippen molar-refractivity contribution in [3.05, 3.63) is 50.4 Å². The number of benzene rings is 1. The summed E-state index contributed by atoms with van der Waals surface area (Å²) >= 11 is 3.40. The molecule has 2 aliphatic carbocycles. The van der Waals surface area contributed by atoms with Crippen molar-refractivity contribution in [3.8, 4) is 0 Å². The maximum atomic E-state index is 11.9. The Hall–Kier alpha value is -1.00. The van der Waals surface area contributed by atoms with Crippen LogP contribution in [0.25, 0.3) is 0 Å². The van der Waals surface area contributed by atoms with Crippen molar-refractivity contribution in [1.29, 1.82) is 0 Å². The highest BCUT2D eigenvalue weighted by molar-refractivity contribution is 8.00. The Kier molecular flexibility index (Phi) is 2.68. The minimum Gasteiger partial charge on any atom is -0.307 e. The van der Waals surface area contributed by atoms with Crippen molar-refractivity contribution < 1.29 is 0 Å². The third-order valence-electron chi connectivity index (χ3n) is 5.62. The number of hydrogen-bond acceptors (Lipinski definition) is 3. The van der Waals surface area contributed by atoms with Gasteiger partial charge in [0.25, 0.3) is 0 Å². The Morgan fingerprint density at radius 3 is 2.76 bits per heavy atom. The van der Waals surface area contributed by atoms with Gasteiger partial charge in [0.05, 0.1) is 5.03 Å². The lowest BCUT2D eigenvalue weighted by Crippen LogP contribution is -2.33. The van der Waals surface area contributed by atoms with E-state index in [1.807, 2.05) is 11.8 Å². The Bertz CT molecular complexity index is 735. The molecule has 2 fully saturated rings. The molecule has 108 valence electrons. The SMILES string of the molecule is O=c1[nH]c2c(s1)[C@H](c1ccccc1)[C@H]1[C@@H]3CC[C@H](C3)[C@@H]1S2. The summed E-state index contributed by atoms with van der Waals surface area (Å²) in [4.78, 5) is 16.4. The van der Waals surface area contributed by atoms with Gasteiger partial charge in [-0.1, -0.05) is 41.7 Å². The first-order valence-corrected chi connectivity index (χ1v) is 9.45. The van der Waals surface area contributed by atoms with E-state index in [1.165, 1.54) is 41.0 Å². The van der Waals surface area contributed by atoms with Crippen LogP contribution in [0.15, 0.2) is 40.2 Å². The second-order valence-corrected chi connectivity index (χ2v) is 8.79. The Morgan fingerprint density at radius 1 is 1.10 bits per heavy atom. The molecule has 5 atom stereocenters. The van der Waals surface area contributed by atoms with Crippen LogP contribution in [-0.4, -0.2) is 10.2 Å². The monoisotopic (exact) mass is 315 g/mol. The first kappa shape index (κ1) is 12.5. The van der Waals surface area contributed by atoms with E-state index in [-0.39, 0.29) is 4.87 Å². The molecule has 0 amide bonds. The fourth-order valence-electron chi connectivity index (χ4n) is 4.88.